The van der Waals surface area contributed by atoms with Gasteiger partial charge >= 0.3 is 6.18 Å². The summed E-state index contributed by atoms with van der Waals surface area (Å²) in [5, 5.41) is 5.78. The predicted octanol–water partition coefficient (Wildman–Crippen LogP) is 5.34. The van der Waals surface area contributed by atoms with E-state index in [4.69, 9.17) is 23.2 Å². The van der Waals surface area contributed by atoms with Crippen molar-refractivity contribution in [3.05, 3.63) is 99.0 Å². The Kier molecular flexibility index (Phi) is 9.95. The van der Waals surface area contributed by atoms with Crippen LogP contribution in [-0.2, 0) is 21.0 Å². The second kappa shape index (κ2) is 13.1. The largest absolute Gasteiger partial charge is 0.416 e. The molecule has 1 heterocycles. The van der Waals surface area contributed by atoms with Gasteiger partial charge in [-0.1, -0.05) is 47.5 Å². The first-order valence-electron chi connectivity index (χ1n) is 13.2. The Hall–Kier alpha value is -3.32. The summed E-state index contributed by atoms with van der Waals surface area (Å²) in [5.41, 5.74) is -0.178. The Morgan fingerprint density at radius 3 is 1.98 bits per heavy atom. The molecule has 8 nitrogen and oxygen atoms in total. The summed E-state index contributed by atoms with van der Waals surface area (Å²) in [6.45, 7) is 2.18. The first kappa shape index (κ1) is 32.6. The number of alkyl halides is 3. The van der Waals surface area contributed by atoms with Gasteiger partial charge in [0, 0.05) is 47.4 Å². The summed E-state index contributed by atoms with van der Waals surface area (Å²) in [5.74, 6) is -2.16. The number of benzene rings is 3. The molecule has 1 fully saturated rings. The van der Waals surface area contributed by atoms with Gasteiger partial charge in [0.05, 0.1) is 17.4 Å². The fraction of sp³-hybridized carbons (Fsp3) is 0.310. The van der Waals surface area contributed by atoms with Crippen LogP contribution in [0.4, 0.5) is 18.9 Å². The van der Waals surface area contributed by atoms with E-state index in [2.05, 4.69) is 20.3 Å². The molecule has 0 unspecified atom stereocenters. The Morgan fingerprint density at radius 2 is 1.49 bits per heavy atom. The Balaban J connectivity index is 1.49. The van der Waals surface area contributed by atoms with Crippen molar-refractivity contribution in [2.75, 3.05) is 30.6 Å². The number of likely N-dealkylation sites (N-methyl/N-ethyl adjacent to an activating group) is 1. The third-order valence-corrected chi connectivity index (χ3v) is 8.92. The van der Waals surface area contributed by atoms with Crippen molar-refractivity contribution in [2.45, 2.75) is 25.2 Å². The highest BCUT2D eigenvalue weighted by atomic mass is 35.5. The number of sulfonamides is 1. The lowest BCUT2D eigenvalue weighted by atomic mass is 9.91. The van der Waals surface area contributed by atoms with E-state index in [1.165, 1.54) is 14.0 Å². The molecule has 1 aliphatic rings. The minimum atomic E-state index is -4.85. The van der Waals surface area contributed by atoms with Crippen LogP contribution in [0.3, 0.4) is 0 Å². The first-order chi connectivity index (χ1) is 20.1. The molecule has 4 rings (SSSR count). The highest BCUT2D eigenvalue weighted by Gasteiger charge is 2.37. The van der Waals surface area contributed by atoms with Gasteiger partial charge in [0.1, 0.15) is 6.04 Å². The van der Waals surface area contributed by atoms with E-state index in [1.54, 1.807) is 24.3 Å². The van der Waals surface area contributed by atoms with Gasteiger partial charge < -0.3 is 10.6 Å². The minimum absolute atomic E-state index is 0.192. The fourth-order valence-corrected chi connectivity index (χ4v) is 6.55. The topological polar surface area (TPSA) is 108 Å². The van der Waals surface area contributed by atoms with Gasteiger partial charge in [-0.3, -0.25) is 19.2 Å². The lowest BCUT2D eigenvalue weighted by Crippen LogP contribution is -2.51. The number of carbonyl (C=O) groups is 2. The van der Waals surface area contributed by atoms with Gasteiger partial charge in [-0.25, -0.2) is 8.42 Å². The molecule has 14 heteroatoms. The van der Waals surface area contributed by atoms with E-state index in [0.717, 1.165) is 17.2 Å². The number of nitrogens with one attached hydrogen (secondary N) is 3. The maximum Gasteiger partial charge on any atom is 0.416 e. The normalized spacial score (nSPS) is 15.1. The molecular weight excluding hydrogens is 628 g/mol. The van der Waals surface area contributed by atoms with Gasteiger partial charge in [0.2, 0.25) is 15.9 Å². The van der Waals surface area contributed by atoms with Crippen molar-refractivity contribution < 1.29 is 31.2 Å². The van der Waals surface area contributed by atoms with Crippen LogP contribution in [0, 0.1) is 5.92 Å². The number of rotatable bonds is 10. The van der Waals surface area contributed by atoms with Gasteiger partial charge in [-0.05, 0) is 60.5 Å². The zero-order valence-corrected chi connectivity index (χ0v) is 25.4. The number of hydrogen-bond donors (Lipinski definition) is 3. The lowest BCUT2D eigenvalue weighted by Gasteiger charge is -2.44. The molecule has 0 radical (unpaired) electrons. The third-order valence-electron chi connectivity index (χ3n) is 6.96. The van der Waals surface area contributed by atoms with E-state index in [1.807, 2.05) is 24.3 Å². The Bertz CT molecular complexity index is 1540. The maximum atomic E-state index is 13.6. The molecule has 3 aromatic carbocycles. The molecule has 1 aliphatic heterocycles. The third kappa shape index (κ3) is 8.41. The van der Waals surface area contributed by atoms with Gasteiger partial charge in [0.25, 0.3) is 5.91 Å². The van der Waals surface area contributed by atoms with Gasteiger partial charge in [-0.15, -0.1) is 0 Å². The number of anilines is 1. The first-order valence-corrected chi connectivity index (χ1v) is 15.6. The maximum absolute atomic E-state index is 13.6. The summed E-state index contributed by atoms with van der Waals surface area (Å²) in [4.78, 5) is 26.4. The second-order valence-electron chi connectivity index (χ2n) is 10.3. The molecule has 2 amide bonds. The van der Waals surface area contributed by atoms with Crippen LogP contribution in [0.2, 0.25) is 10.0 Å². The van der Waals surface area contributed by atoms with Gasteiger partial charge in [-0.2, -0.15) is 13.2 Å². The summed E-state index contributed by atoms with van der Waals surface area (Å²) in [6.07, 6.45) is -4.85. The smallest absolute Gasteiger partial charge is 0.357 e. The number of nitrogens with zero attached hydrogens (tertiary/aromatic N) is 1. The number of carbonyl (C=O) groups excluding carboxylic acids is 2. The molecular formula is C29H29Cl2F3N4O4S. The standard InChI is InChI=1S/C29H29Cl2F3N4O4S/c1-17(27(39)35-2)36-28(40)21-11-22(29(32,33)34)13-25(12-21)37-43(41,42)16-18-14-38(15-18)26(19-3-7-23(30)8-4-19)20-5-9-24(31)10-6-20/h3-13,17-18,26,37H,14-16H2,1-2H3,(H,35,39)(H,36,40)/t17-/m0/s1. The van der Waals surface area contributed by atoms with Crippen molar-refractivity contribution in [3.8, 4) is 0 Å². The zero-order valence-electron chi connectivity index (χ0n) is 23.1. The van der Waals surface area contributed by atoms with Crippen molar-refractivity contribution in [2.24, 2.45) is 5.92 Å². The van der Waals surface area contributed by atoms with E-state index < -0.39 is 50.9 Å². The molecule has 0 aromatic heterocycles. The molecule has 1 saturated heterocycles. The van der Waals surface area contributed by atoms with E-state index in [-0.39, 0.29) is 17.7 Å². The van der Waals surface area contributed by atoms with Crippen molar-refractivity contribution in [3.63, 3.8) is 0 Å². The number of likely N-dealkylation sites (tertiary alicyclic amines) is 1. The Morgan fingerprint density at radius 1 is 0.953 bits per heavy atom. The monoisotopic (exact) mass is 656 g/mol. The van der Waals surface area contributed by atoms with Crippen LogP contribution in [0.5, 0.6) is 0 Å². The van der Waals surface area contributed by atoms with Crippen LogP contribution in [-0.4, -0.2) is 57.1 Å². The quantitative estimate of drug-likeness (QED) is 0.273. The average Bonchev–Trinajstić information content (AvgIpc) is 2.92. The van der Waals surface area contributed by atoms with Crippen LogP contribution in [0.1, 0.15) is 40.0 Å². The number of halogens is 5. The molecule has 0 saturated carbocycles. The van der Waals surface area contributed by atoms with Gasteiger partial charge in [0.15, 0.2) is 0 Å². The summed E-state index contributed by atoms with van der Waals surface area (Å²) < 4.78 is 69.1. The Labute approximate surface area is 257 Å². The van der Waals surface area contributed by atoms with Crippen molar-refractivity contribution >= 4 is 50.7 Å². The highest BCUT2D eigenvalue weighted by molar-refractivity contribution is 7.92. The molecule has 43 heavy (non-hydrogen) atoms. The second-order valence-corrected chi connectivity index (χ2v) is 13.0. The van der Waals surface area contributed by atoms with E-state index >= 15 is 0 Å². The number of amides is 2. The molecule has 230 valence electrons. The summed E-state index contributed by atoms with van der Waals surface area (Å²) in [6, 6.07) is 15.7. The molecule has 1 atom stereocenters. The molecule has 0 spiro atoms. The average molecular weight is 658 g/mol. The summed E-state index contributed by atoms with van der Waals surface area (Å²) >= 11 is 12.1. The molecule has 0 bridgehead atoms. The molecule has 0 aliphatic carbocycles. The van der Waals surface area contributed by atoms with Crippen LogP contribution < -0.4 is 15.4 Å². The zero-order chi connectivity index (χ0) is 31.5. The highest BCUT2D eigenvalue weighted by Crippen LogP contribution is 2.36. The van der Waals surface area contributed by atoms with Crippen LogP contribution in [0.15, 0.2) is 66.7 Å². The van der Waals surface area contributed by atoms with Crippen LogP contribution >= 0.6 is 23.2 Å². The lowest BCUT2D eigenvalue weighted by molar-refractivity contribution is -0.137. The van der Waals surface area contributed by atoms with Crippen molar-refractivity contribution in [1.29, 1.82) is 0 Å². The SMILES string of the molecule is CNC(=O)[C@H](C)NC(=O)c1cc(NS(=O)(=O)CC2CN(C(c3ccc(Cl)cc3)c3ccc(Cl)cc3)C2)cc(C(F)(F)F)c1. The van der Waals surface area contributed by atoms with Crippen molar-refractivity contribution in [1.82, 2.24) is 15.5 Å². The molecule has 3 aromatic rings. The van der Waals surface area contributed by atoms with Crippen LogP contribution in [0.25, 0.3) is 0 Å². The summed E-state index contributed by atoms with van der Waals surface area (Å²) in [7, 11) is -2.76. The molecule has 3 N–H and O–H groups in total. The van der Waals surface area contributed by atoms with E-state index in [0.29, 0.717) is 35.3 Å². The predicted molar refractivity (Wildman–Crippen MR) is 160 cm³/mol. The van der Waals surface area contributed by atoms with E-state index in [9.17, 15) is 31.2 Å². The number of hydrogen-bond acceptors (Lipinski definition) is 5. The minimum Gasteiger partial charge on any atom is -0.357 e. The fourth-order valence-electron chi connectivity index (χ4n) is 4.91.